The number of aliphatic hydroxyl groups is 8. The van der Waals surface area contributed by atoms with Gasteiger partial charge in [0.1, 0.15) is 48.8 Å². The van der Waals surface area contributed by atoms with Crippen molar-refractivity contribution >= 4 is 5.91 Å². The Kier molecular flexibility index (Phi) is 51.2. The van der Waals surface area contributed by atoms with Gasteiger partial charge in [-0.2, -0.15) is 0 Å². The SMILES string of the molecule is CC/C=C\C/C=C\C/C=C\C/C=C\C/C=C\C/C=C\C/C=C\C/C=C\C/C=C\C/C=C\CCCCCCC(=O)NC(COC1OC(CO)C(OC2OC(CO)C(O)C(O)C2O)C(O)C1O)C(O)/C=C/CC/C=C/CC/C=C/CCCCCCCCCCC. The normalized spacial score (nSPS) is 24.2. The maximum Gasteiger partial charge on any atom is 0.220 e. The predicted octanol–water partition coefficient (Wildman–Crippen LogP) is 13.4. The molecule has 14 nitrogen and oxygen atoms in total. The van der Waals surface area contributed by atoms with Crippen LogP contribution in [-0.2, 0) is 23.7 Å². The molecule has 0 aromatic heterocycles. The van der Waals surface area contributed by atoms with Gasteiger partial charge in [-0.25, -0.2) is 0 Å². The standard InChI is InChI=1S/C74H119NO13/c1-3-5-7-9-11-13-15-17-19-21-23-24-25-26-27-28-29-30-31-32-33-34-35-36-37-38-40-42-44-46-48-50-52-54-56-58-66(79)75-62(63(78)57-55-53-51-49-47-45-43-41-39-22-20-18-16-14-12-10-8-6-4-2)61-85-73-71(84)69(82)72(65(60-77)87-73)88-74-70(83)68(81)67(80)64(59-76)86-74/h5,7,11,13,17,19,23-24,26-27,29-30,32-33,35-36,38-41,44,46-47,49,55,57,62-65,67-74,76-78,80-84H,3-4,6,8-10,12,14-16,18,20-22,25,28,31,34,37,42-43,45,48,50-54,56,58-61H2,1-2H3,(H,75,79)/b7-5-,13-11-,19-17-,24-23-,27-26-,30-29-,33-32-,36-35-,40-38-,41-39+,46-44-,49-47+,57-55+. The average molecular weight is 1230 g/mol. The fraction of sp³-hybridized carbons (Fsp3) is 0.635. The van der Waals surface area contributed by atoms with Crippen molar-refractivity contribution in [3.05, 3.63) is 158 Å². The lowest BCUT2D eigenvalue weighted by Crippen LogP contribution is -2.65. The van der Waals surface area contributed by atoms with E-state index in [1.807, 2.05) is 6.08 Å². The van der Waals surface area contributed by atoms with Crippen LogP contribution in [0.3, 0.4) is 0 Å². The van der Waals surface area contributed by atoms with E-state index in [2.05, 4.69) is 165 Å². The van der Waals surface area contributed by atoms with E-state index < -0.39 is 86.8 Å². The van der Waals surface area contributed by atoms with E-state index in [9.17, 15) is 45.6 Å². The number of rotatable bonds is 52. The van der Waals surface area contributed by atoms with Crippen LogP contribution in [0, 0.1) is 0 Å². The second-order valence-electron chi connectivity index (χ2n) is 22.8. The number of carbonyl (C=O) groups is 1. The number of amides is 1. The fourth-order valence-corrected chi connectivity index (χ4v) is 9.82. The largest absolute Gasteiger partial charge is 0.394 e. The third-order valence-electron chi connectivity index (χ3n) is 15.2. The second-order valence-corrected chi connectivity index (χ2v) is 22.8. The molecule has 0 aromatic rings. The van der Waals surface area contributed by atoms with Crippen molar-refractivity contribution in [2.75, 3.05) is 19.8 Å². The lowest BCUT2D eigenvalue weighted by Gasteiger charge is -2.46. The van der Waals surface area contributed by atoms with Crippen LogP contribution >= 0.6 is 0 Å². The van der Waals surface area contributed by atoms with E-state index in [0.29, 0.717) is 12.8 Å². The van der Waals surface area contributed by atoms with E-state index >= 15 is 0 Å². The summed E-state index contributed by atoms with van der Waals surface area (Å²) in [6.45, 7) is 2.62. The van der Waals surface area contributed by atoms with Gasteiger partial charge >= 0.3 is 0 Å². The first-order valence-corrected chi connectivity index (χ1v) is 33.7. The van der Waals surface area contributed by atoms with Gasteiger partial charge in [0.25, 0.3) is 0 Å². The zero-order chi connectivity index (χ0) is 63.8. The third-order valence-corrected chi connectivity index (χ3v) is 15.2. The van der Waals surface area contributed by atoms with Crippen LogP contribution in [-0.4, -0.2) is 140 Å². The summed E-state index contributed by atoms with van der Waals surface area (Å²) in [5.74, 6) is -0.285. The molecule has 0 spiro atoms. The smallest absolute Gasteiger partial charge is 0.220 e. The zero-order valence-electron chi connectivity index (χ0n) is 53.9. The van der Waals surface area contributed by atoms with Crippen molar-refractivity contribution in [2.24, 2.45) is 0 Å². The number of hydrogen-bond donors (Lipinski definition) is 9. The number of hydrogen-bond acceptors (Lipinski definition) is 13. The highest BCUT2D eigenvalue weighted by molar-refractivity contribution is 5.76. The Morgan fingerprint density at radius 1 is 0.420 bits per heavy atom. The Bertz CT molecular complexity index is 2080. The molecule has 498 valence electrons. The van der Waals surface area contributed by atoms with Crippen LogP contribution in [0.5, 0.6) is 0 Å². The van der Waals surface area contributed by atoms with Crippen LogP contribution in [0.2, 0.25) is 0 Å². The molecule has 88 heavy (non-hydrogen) atoms. The molecule has 14 heteroatoms. The highest BCUT2D eigenvalue weighted by Gasteiger charge is 2.51. The van der Waals surface area contributed by atoms with Gasteiger partial charge in [-0.3, -0.25) is 4.79 Å². The van der Waals surface area contributed by atoms with Crippen LogP contribution in [0.25, 0.3) is 0 Å². The molecule has 0 aromatic carbocycles. The molecule has 0 radical (unpaired) electrons. The van der Waals surface area contributed by atoms with Crippen molar-refractivity contribution in [3.8, 4) is 0 Å². The summed E-state index contributed by atoms with van der Waals surface area (Å²) in [6, 6.07) is -0.965. The highest BCUT2D eigenvalue weighted by atomic mass is 16.7. The summed E-state index contributed by atoms with van der Waals surface area (Å²) < 4.78 is 22.8. The molecule has 0 bridgehead atoms. The maximum atomic E-state index is 13.3. The first-order chi connectivity index (χ1) is 43.1. The zero-order valence-corrected chi connectivity index (χ0v) is 53.9. The topological polar surface area (TPSA) is 228 Å². The monoisotopic (exact) mass is 1230 g/mol. The van der Waals surface area contributed by atoms with Crippen molar-refractivity contribution in [2.45, 2.75) is 280 Å². The average Bonchev–Trinajstić information content (AvgIpc) is 1.84. The van der Waals surface area contributed by atoms with E-state index in [4.69, 9.17) is 18.9 Å². The van der Waals surface area contributed by atoms with Gasteiger partial charge in [0.2, 0.25) is 5.91 Å². The van der Waals surface area contributed by atoms with Gasteiger partial charge in [-0.1, -0.05) is 236 Å². The molecule has 1 amide bonds. The van der Waals surface area contributed by atoms with Crippen LogP contribution in [0.15, 0.2) is 158 Å². The quantitative estimate of drug-likeness (QED) is 0.0204. The summed E-state index contributed by atoms with van der Waals surface area (Å²) >= 11 is 0. The molecule has 0 aliphatic carbocycles. The van der Waals surface area contributed by atoms with Gasteiger partial charge in [-0.05, 0) is 122 Å². The number of nitrogens with one attached hydrogen (secondary N) is 1. The number of ether oxygens (including phenoxy) is 4. The summed E-state index contributed by atoms with van der Waals surface area (Å²) in [5.41, 5.74) is 0. The molecule has 9 N–H and O–H groups in total. The molecule has 2 saturated heterocycles. The fourth-order valence-electron chi connectivity index (χ4n) is 9.82. The minimum absolute atomic E-state index is 0.229. The van der Waals surface area contributed by atoms with Crippen LogP contribution in [0.1, 0.15) is 206 Å². The van der Waals surface area contributed by atoms with Gasteiger partial charge in [0.05, 0.1) is 32.0 Å². The Hall–Kier alpha value is -4.39. The summed E-state index contributed by atoms with van der Waals surface area (Å²) in [5, 5.41) is 87.3. The summed E-state index contributed by atoms with van der Waals surface area (Å²) in [7, 11) is 0. The molecule has 12 atom stereocenters. The van der Waals surface area contributed by atoms with E-state index in [-0.39, 0.29) is 18.9 Å². The number of carbonyl (C=O) groups excluding carboxylic acids is 1. The molecular weight excluding hydrogens is 1110 g/mol. The second kappa shape index (κ2) is 56.6. The van der Waals surface area contributed by atoms with Gasteiger partial charge in [-0.15, -0.1) is 0 Å². The van der Waals surface area contributed by atoms with Crippen molar-refractivity contribution in [3.63, 3.8) is 0 Å². The van der Waals surface area contributed by atoms with E-state index in [1.54, 1.807) is 6.08 Å². The van der Waals surface area contributed by atoms with Crippen molar-refractivity contribution in [1.29, 1.82) is 0 Å². The lowest BCUT2D eigenvalue weighted by molar-refractivity contribution is -0.359. The van der Waals surface area contributed by atoms with Crippen molar-refractivity contribution < 1.29 is 64.6 Å². The molecule has 12 unspecified atom stereocenters. The maximum absolute atomic E-state index is 13.3. The number of unbranched alkanes of at least 4 members (excludes halogenated alkanes) is 15. The Morgan fingerprint density at radius 2 is 0.795 bits per heavy atom. The molecule has 2 aliphatic heterocycles. The molecule has 2 rings (SSSR count). The lowest BCUT2D eigenvalue weighted by atomic mass is 9.97. The molecule has 0 saturated carbocycles. The Balaban J connectivity index is 1.73. The minimum Gasteiger partial charge on any atom is -0.394 e. The van der Waals surface area contributed by atoms with Crippen LogP contribution < -0.4 is 5.32 Å². The summed E-state index contributed by atoms with van der Waals surface area (Å²) in [6.07, 6.45) is 70.0. The predicted molar refractivity (Wildman–Crippen MR) is 359 cm³/mol. The van der Waals surface area contributed by atoms with Crippen LogP contribution in [0.4, 0.5) is 0 Å². The highest BCUT2D eigenvalue weighted by Crippen LogP contribution is 2.30. The number of allylic oxidation sites excluding steroid dienone is 25. The van der Waals surface area contributed by atoms with Gasteiger partial charge < -0.3 is 65.1 Å². The van der Waals surface area contributed by atoms with E-state index in [0.717, 1.165) is 116 Å². The third kappa shape index (κ3) is 40.4. The molecule has 2 heterocycles. The molecule has 2 aliphatic rings. The number of aliphatic hydroxyl groups excluding tert-OH is 8. The Labute approximate surface area is 531 Å². The van der Waals surface area contributed by atoms with Crippen molar-refractivity contribution in [1.82, 2.24) is 5.32 Å². The first kappa shape index (κ1) is 79.7. The minimum atomic E-state index is -1.80. The summed E-state index contributed by atoms with van der Waals surface area (Å²) in [4.78, 5) is 13.3. The van der Waals surface area contributed by atoms with Gasteiger partial charge in [0.15, 0.2) is 12.6 Å². The molecule has 2 fully saturated rings. The first-order valence-electron chi connectivity index (χ1n) is 33.7. The van der Waals surface area contributed by atoms with Gasteiger partial charge in [0, 0.05) is 6.42 Å². The van der Waals surface area contributed by atoms with E-state index in [1.165, 1.54) is 57.8 Å². The Morgan fingerprint density at radius 3 is 1.25 bits per heavy atom. The molecular formula is C74H119NO13.